The molecule has 5 nitrogen and oxygen atoms in total. The van der Waals surface area contributed by atoms with Crippen LogP contribution in [0.3, 0.4) is 0 Å². The van der Waals surface area contributed by atoms with Crippen molar-refractivity contribution in [3.63, 3.8) is 0 Å². The number of aryl methyl sites for hydroxylation is 1. The topological polar surface area (TPSA) is 57.7 Å². The van der Waals surface area contributed by atoms with E-state index in [0.29, 0.717) is 17.0 Å². The highest BCUT2D eigenvalue weighted by atomic mass is 35.5. The zero-order chi connectivity index (χ0) is 25.4. The number of ketones is 1. The Labute approximate surface area is 203 Å². The lowest BCUT2D eigenvalue weighted by atomic mass is 9.74. The first-order valence-corrected chi connectivity index (χ1v) is 13.3. The largest absolute Gasteiger partial charge is 0.359 e. The molecular formula is C23H31ClF4N2O3S. The molecule has 0 amide bonds. The highest BCUT2D eigenvalue weighted by molar-refractivity contribution is 7.90. The maximum absolute atomic E-state index is 14.0. The minimum absolute atomic E-state index is 0.0980. The van der Waals surface area contributed by atoms with Crippen LogP contribution in [0.5, 0.6) is 0 Å². The summed E-state index contributed by atoms with van der Waals surface area (Å²) >= 11 is 6.22. The number of rotatable bonds is 8. The molecule has 0 aromatic heterocycles. The highest BCUT2D eigenvalue weighted by Crippen LogP contribution is 2.45. The van der Waals surface area contributed by atoms with Crippen LogP contribution in [0, 0.1) is 6.92 Å². The van der Waals surface area contributed by atoms with E-state index >= 15 is 0 Å². The third-order valence-electron chi connectivity index (χ3n) is 7.19. The van der Waals surface area contributed by atoms with Gasteiger partial charge in [-0.05, 0) is 43.9 Å². The van der Waals surface area contributed by atoms with Crippen LogP contribution in [0.1, 0.15) is 67.8 Å². The van der Waals surface area contributed by atoms with E-state index in [2.05, 4.69) is 0 Å². The molecule has 11 heteroatoms. The summed E-state index contributed by atoms with van der Waals surface area (Å²) in [5.41, 5.74) is 0.563. The normalized spacial score (nSPS) is 22.0. The fraction of sp³-hybridized carbons (Fsp3) is 0.696. The third-order valence-corrected chi connectivity index (χ3v) is 9.59. The average Bonchev–Trinajstić information content (AvgIpc) is 2.78. The van der Waals surface area contributed by atoms with E-state index in [1.54, 1.807) is 18.2 Å². The van der Waals surface area contributed by atoms with Gasteiger partial charge in [-0.1, -0.05) is 24.6 Å². The minimum atomic E-state index is -4.79. The summed E-state index contributed by atoms with van der Waals surface area (Å²) in [6.45, 7) is 2.96. The molecule has 2 aliphatic rings. The van der Waals surface area contributed by atoms with Gasteiger partial charge in [0.05, 0.1) is 5.02 Å². The Kier molecular flexibility index (Phi) is 8.07. The number of carbonyl (C=O) groups is 1. The van der Waals surface area contributed by atoms with Crippen LogP contribution in [-0.4, -0.2) is 66.3 Å². The summed E-state index contributed by atoms with van der Waals surface area (Å²) in [5.74, 6) is -2.98. The lowest BCUT2D eigenvalue weighted by Gasteiger charge is -2.51. The standard InChI is InChI=1S/C23H31ClF4N2O3S/c1-3-23(27,28)34(32,33)30-14-12-29(13-15-30)21(8-10-22(25,26)11-9-21)7-6-20(31)18-5-4-17(2)16-19(18)24/h4-5,16H,3,6-15H2,1-2H3. The Hall–Kier alpha value is -1.23. The van der Waals surface area contributed by atoms with Gasteiger partial charge in [-0.3, -0.25) is 9.69 Å². The quantitative estimate of drug-likeness (QED) is 0.331. The van der Waals surface area contributed by atoms with Gasteiger partial charge in [0.1, 0.15) is 0 Å². The second kappa shape index (κ2) is 10.0. The summed E-state index contributed by atoms with van der Waals surface area (Å²) in [5, 5.41) is -3.51. The van der Waals surface area contributed by atoms with Crippen LogP contribution in [-0.2, 0) is 10.0 Å². The van der Waals surface area contributed by atoms with E-state index in [1.807, 2.05) is 11.8 Å². The molecule has 34 heavy (non-hydrogen) atoms. The van der Waals surface area contributed by atoms with Crippen molar-refractivity contribution in [1.82, 2.24) is 9.21 Å². The molecule has 3 rings (SSSR count). The number of carbonyl (C=O) groups excluding carboxylic acids is 1. The first-order chi connectivity index (χ1) is 15.7. The number of alkyl halides is 4. The zero-order valence-corrected chi connectivity index (χ0v) is 21.0. The number of hydrogen-bond acceptors (Lipinski definition) is 4. The molecule has 0 spiro atoms. The molecule has 2 fully saturated rings. The predicted molar refractivity (Wildman–Crippen MR) is 123 cm³/mol. The second-order valence-electron chi connectivity index (χ2n) is 9.37. The number of Topliss-reactive ketones (excluding diaryl/α,β-unsaturated/α-hetero) is 1. The van der Waals surface area contributed by atoms with E-state index < -0.39 is 33.2 Å². The van der Waals surface area contributed by atoms with Gasteiger partial charge in [0.25, 0.3) is 10.0 Å². The molecule has 1 heterocycles. The zero-order valence-electron chi connectivity index (χ0n) is 19.4. The van der Waals surface area contributed by atoms with Crippen molar-refractivity contribution < 1.29 is 30.8 Å². The van der Waals surface area contributed by atoms with E-state index in [-0.39, 0.29) is 64.1 Å². The highest BCUT2D eigenvalue weighted by Gasteiger charge is 2.51. The molecular weight excluding hydrogens is 496 g/mol. The molecule has 192 valence electrons. The first kappa shape index (κ1) is 27.4. The summed E-state index contributed by atoms with van der Waals surface area (Å²) in [6, 6.07) is 5.12. The van der Waals surface area contributed by atoms with Gasteiger partial charge >= 0.3 is 5.25 Å². The van der Waals surface area contributed by atoms with Crippen LogP contribution in [0.2, 0.25) is 5.02 Å². The molecule has 1 aliphatic heterocycles. The fourth-order valence-corrected chi connectivity index (χ4v) is 6.63. The molecule has 1 saturated heterocycles. The van der Waals surface area contributed by atoms with Gasteiger partial charge in [-0.15, -0.1) is 0 Å². The third kappa shape index (κ3) is 5.60. The van der Waals surface area contributed by atoms with Crippen molar-refractivity contribution in [2.75, 3.05) is 26.2 Å². The molecule has 0 N–H and O–H groups in total. The maximum Gasteiger partial charge on any atom is 0.359 e. The SMILES string of the molecule is CCC(F)(F)S(=O)(=O)N1CCN(C2(CCC(=O)c3ccc(C)cc3Cl)CCC(F)(F)CC2)CC1. The number of nitrogens with zero attached hydrogens (tertiary/aromatic N) is 2. The van der Waals surface area contributed by atoms with Crippen LogP contribution in [0.15, 0.2) is 18.2 Å². The van der Waals surface area contributed by atoms with Crippen LogP contribution in [0.25, 0.3) is 0 Å². The number of hydrogen-bond donors (Lipinski definition) is 0. The molecule has 1 aliphatic carbocycles. The molecule has 1 saturated carbocycles. The van der Waals surface area contributed by atoms with Crippen LogP contribution >= 0.6 is 11.6 Å². The summed E-state index contributed by atoms with van der Waals surface area (Å²) in [4.78, 5) is 14.8. The van der Waals surface area contributed by atoms with Gasteiger partial charge in [0.2, 0.25) is 5.92 Å². The monoisotopic (exact) mass is 526 g/mol. The van der Waals surface area contributed by atoms with E-state index in [9.17, 15) is 30.8 Å². The van der Waals surface area contributed by atoms with Gasteiger partial charge < -0.3 is 0 Å². The Morgan fingerprint density at radius 1 is 1.09 bits per heavy atom. The predicted octanol–water partition coefficient (Wildman–Crippen LogP) is 5.51. The van der Waals surface area contributed by atoms with Crippen molar-refractivity contribution in [2.45, 2.75) is 75.5 Å². The lowest BCUT2D eigenvalue weighted by molar-refractivity contribution is -0.0894. The van der Waals surface area contributed by atoms with E-state index in [1.165, 1.54) is 0 Å². The summed E-state index contributed by atoms with van der Waals surface area (Å²) in [6.07, 6.45) is -0.791. The molecule has 1 aromatic rings. The van der Waals surface area contributed by atoms with Crippen molar-refractivity contribution in [1.29, 1.82) is 0 Å². The summed E-state index contributed by atoms with van der Waals surface area (Å²) < 4.78 is 81.3. The van der Waals surface area contributed by atoms with Crippen LogP contribution in [0.4, 0.5) is 17.6 Å². The Balaban J connectivity index is 1.75. The van der Waals surface area contributed by atoms with Crippen molar-refractivity contribution in [2.24, 2.45) is 0 Å². The fourth-order valence-electron chi connectivity index (χ4n) is 4.91. The van der Waals surface area contributed by atoms with Gasteiger partial charge in [-0.2, -0.15) is 13.1 Å². The number of benzene rings is 1. The van der Waals surface area contributed by atoms with E-state index in [4.69, 9.17) is 11.6 Å². The molecule has 0 unspecified atom stereocenters. The average molecular weight is 527 g/mol. The molecule has 0 radical (unpaired) electrons. The number of piperazine rings is 1. The van der Waals surface area contributed by atoms with Crippen molar-refractivity contribution in [3.8, 4) is 0 Å². The maximum atomic E-state index is 14.0. The minimum Gasteiger partial charge on any atom is -0.295 e. The first-order valence-electron chi connectivity index (χ1n) is 11.5. The molecule has 0 atom stereocenters. The van der Waals surface area contributed by atoms with Crippen molar-refractivity contribution in [3.05, 3.63) is 34.3 Å². The lowest BCUT2D eigenvalue weighted by Crippen LogP contribution is -2.61. The Bertz CT molecular complexity index is 1000. The second-order valence-corrected chi connectivity index (χ2v) is 11.8. The molecule has 0 bridgehead atoms. The van der Waals surface area contributed by atoms with Crippen molar-refractivity contribution >= 4 is 27.4 Å². The van der Waals surface area contributed by atoms with Gasteiger partial charge in [0.15, 0.2) is 5.78 Å². The van der Waals surface area contributed by atoms with Gasteiger partial charge in [0, 0.05) is 63.0 Å². The number of sulfonamides is 1. The van der Waals surface area contributed by atoms with Crippen LogP contribution < -0.4 is 0 Å². The molecule has 1 aromatic carbocycles. The number of halogens is 5. The van der Waals surface area contributed by atoms with Gasteiger partial charge in [-0.25, -0.2) is 17.2 Å². The Morgan fingerprint density at radius 2 is 1.68 bits per heavy atom. The summed E-state index contributed by atoms with van der Waals surface area (Å²) in [7, 11) is -4.79. The van der Waals surface area contributed by atoms with E-state index in [0.717, 1.165) is 16.8 Å². The Morgan fingerprint density at radius 3 is 2.21 bits per heavy atom. The smallest absolute Gasteiger partial charge is 0.295 e.